The van der Waals surface area contributed by atoms with Gasteiger partial charge in [-0.1, -0.05) is 23.4 Å². The van der Waals surface area contributed by atoms with Crippen molar-refractivity contribution < 1.29 is 19.1 Å². The summed E-state index contributed by atoms with van der Waals surface area (Å²) in [6.07, 6.45) is 1.69. The summed E-state index contributed by atoms with van der Waals surface area (Å²) in [5.41, 5.74) is 0.556. The molecule has 2 aromatic carbocycles. The summed E-state index contributed by atoms with van der Waals surface area (Å²) in [5, 5.41) is 2.91. The number of thioether (sulfide) groups is 1. The predicted molar refractivity (Wildman–Crippen MR) is 139 cm³/mol. The highest BCUT2D eigenvalue weighted by Gasteiger charge is 2.36. The standard InChI is InChI=1S/C24H19ClN2O4S3/c1-2-31-17-7-5-16(6-8-17)26-21(28)14-27-23(29)20(34-24(27)30)13-19-11-12-22(33-19)32-18-9-3-15(25)4-10-18/h3-13H,2,14H2,1H3,(H,26,28)/b20-13-. The van der Waals surface area contributed by atoms with Crippen molar-refractivity contribution in [2.45, 2.75) is 16.0 Å². The van der Waals surface area contributed by atoms with Crippen LogP contribution in [0.25, 0.3) is 6.08 Å². The van der Waals surface area contributed by atoms with Gasteiger partial charge in [-0.2, -0.15) is 0 Å². The molecule has 1 fully saturated rings. The molecule has 0 aliphatic carbocycles. The third-order valence-electron chi connectivity index (χ3n) is 4.53. The summed E-state index contributed by atoms with van der Waals surface area (Å²) in [5.74, 6) is -0.234. The second-order valence-corrected chi connectivity index (χ2v) is 10.9. The molecule has 1 saturated heterocycles. The molecule has 0 bridgehead atoms. The number of imide groups is 1. The smallest absolute Gasteiger partial charge is 0.294 e. The summed E-state index contributed by atoms with van der Waals surface area (Å²) in [6.45, 7) is 2.09. The summed E-state index contributed by atoms with van der Waals surface area (Å²) in [7, 11) is 0. The van der Waals surface area contributed by atoms with E-state index in [1.807, 2.05) is 43.3 Å². The first-order chi connectivity index (χ1) is 16.4. The van der Waals surface area contributed by atoms with E-state index in [4.69, 9.17) is 16.3 Å². The van der Waals surface area contributed by atoms with Crippen LogP contribution < -0.4 is 10.1 Å². The van der Waals surface area contributed by atoms with Gasteiger partial charge < -0.3 is 10.1 Å². The molecule has 0 unspecified atom stereocenters. The highest BCUT2D eigenvalue weighted by Crippen LogP contribution is 2.37. The average molecular weight is 531 g/mol. The number of hydrogen-bond acceptors (Lipinski definition) is 7. The van der Waals surface area contributed by atoms with Gasteiger partial charge >= 0.3 is 0 Å². The molecule has 1 aliphatic heterocycles. The maximum absolute atomic E-state index is 12.8. The molecule has 0 radical (unpaired) electrons. The minimum Gasteiger partial charge on any atom is -0.494 e. The van der Waals surface area contributed by atoms with Crippen LogP contribution in [0.3, 0.4) is 0 Å². The van der Waals surface area contributed by atoms with Crippen molar-refractivity contribution >= 4 is 75.3 Å². The number of rotatable bonds is 8. The van der Waals surface area contributed by atoms with Gasteiger partial charge in [-0.15, -0.1) is 11.3 Å². The van der Waals surface area contributed by atoms with Crippen LogP contribution in [0.4, 0.5) is 10.5 Å². The van der Waals surface area contributed by atoms with Gasteiger partial charge in [-0.05, 0) is 85.4 Å². The maximum atomic E-state index is 12.8. The van der Waals surface area contributed by atoms with Crippen molar-refractivity contribution in [3.63, 3.8) is 0 Å². The van der Waals surface area contributed by atoms with E-state index in [1.165, 1.54) is 11.3 Å². The third kappa shape index (κ3) is 6.24. The minimum absolute atomic E-state index is 0.295. The predicted octanol–water partition coefficient (Wildman–Crippen LogP) is 6.63. The summed E-state index contributed by atoms with van der Waals surface area (Å²) in [6, 6.07) is 18.3. The summed E-state index contributed by atoms with van der Waals surface area (Å²) < 4.78 is 6.42. The molecule has 2 heterocycles. The monoisotopic (exact) mass is 530 g/mol. The molecule has 1 N–H and O–H groups in total. The van der Waals surface area contributed by atoms with Gasteiger partial charge in [0.1, 0.15) is 12.3 Å². The number of amides is 3. The molecule has 1 aliphatic rings. The lowest BCUT2D eigenvalue weighted by molar-refractivity contribution is -0.127. The van der Waals surface area contributed by atoms with Gasteiger partial charge in [0, 0.05) is 20.5 Å². The highest BCUT2D eigenvalue weighted by atomic mass is 35.5. The molecule has 4 rings (SSSR count). The molecule has 3 aromatic rings. The van der Waals surface area contributed by atoms with Gasteiger partial charge in [0.05, 0.1) is 15.7 Å². The third-order valence-corrected chi connectivity index (χ3v) is 7.86. The van der Waals surface area contributed by atoms with Crippen molar-refractivity contribution in [2.24, 2.45) is 0 Å². The van der Waals surface area contributed by atoms with Crippen LogP contribution in [-0.2, 0) is 9.59 Å². The second-order valence-electron chi connectivity index (χ2n) is 6.99. The molecule has 1 aromatic heterocycles. The van der Waals surface area contributed by atoms with E-state index in [0.717, 1.165) is 30.6 Å². The van der Waals surface area contributed by atoms with Gasteiger partial charge in [-0.25, -0.2) is 0 Å². The maximum Gasteiger partial charge on any atom is 0.294 e. The molecule has 10 heteroatoms. The van der Waals surface area contributed by atoms with E-state index in [1.54, 1.807) is 42.1 Å². The Balaban J connectivity index is 1.37. The zero-order valence-corrected chi connectivity index (χ0v) is 21.2. The largest absolute Gasteiger partial charge is 0.494 e. The van der Waals surface area contributed by atoms with Crippen LogP contribution in [0.1, 0.15) is 11.8 Å². The zero-order chi connectivity index (χ0) is 24.1. The number of hydrogen-bond donors (Lipinski definition) is 1. The lowest BCUT2D eigenvalue weighted by Gasteiger charge is -2.12. The molecule has 6 nitrogen and oxygen atoms in total. The fourth-order valence-electron chi connectivity index (χ4n) is 3.00. The van der Waals surface area contributed by atoms with Crippen LogP contribution in [0, 0.1) is 0 Å². The quantitative estimate of drug-likeness (QED) is 0.329. The van der Waals surface area contributed by atoms with E-state index < -0.39 is 17.1 Å². The Bertz CT molecular complexity index is 1240. The molecule has 0 spiro atoms. The highest BCUT2D eigenvalue weighted by molar-refractivity contribution is 8.18. The lowest BCUT2D eigenvalue weighted by Crippen LogP contribution is -2.36. The number of nitrogens with one attached hydrogen (secondary N) is 1. The number of anilines is 1. The van der Waals surface area contributed by atoms with Crippen LogP contribution >= 0.6 is 46.5 Å². The van der Waals surface area contributed by atoms with Crippen LogP contribution in [0.15, 0.2) is 74.7 Å². The number of nitrogens with zero attached hydrogens (tertiary/aromatic N) is 1. The van der Waals surface area contributed by atoms with Crippen molar-refractivity contribution in [3.8, 4) is 5.75 Å². The number of benzene rings is 2. The van der Waals surface area contributed by atoms with Gasteiger partial charge in [-0.3, -0.25) is 19.3 Å². The van der Waals surface area contributed by atoms with Crippen molar-refractivity contribution in [1.82, 2.24) is 4.90 Å². The Morgan fingerprint density at radius 1 is 1.09 bits per heavy atom. The fraction of sp³-hybridized carbons (Fsp3) is 0.125. The first-order valence-electron chi connectivity index (χ1n) is 10.2. The number of halogens is 1. The molecular formula is C24H19ClN2O4S3. The van der Waals surface area contributed by atoms with Gasteiger partial charge in [0.25, 0.3) is 11.1 Å². The van der Waals surface area contributed by atoms with Crippen molar-refractivity contribution in [2.75, 3.05) is 18.5 Å². The van der Waals surface area contributed by atoms with Gasteiger partial charge in [0.15, 0.2) is 0 Å². The van der Waals surface area contributed by atoms with Crippen molar-refractivity contribution in [1.29, 1.82) is 0 Å². The van der Waals surface area contributed by atoms with Crippen molar-refractivity contribution in [3.05, 3.63) is 75.5 Å². The van der Waals surface area contributed by atoms with Gasteiger partial charge in [0.2, 0.25) is 5.91 Å². The molecule has 174 valence electrons. The minimum atomic E-state index is -0.475. The van der Waals surface area contributed by atoms with E-state index in [9.17, 15) is 14.4 Å². The van der Waals surface area contributed by atoms with E-state index >= 15 is 0 Å². The number of thiophene rings is 1. The van der Waals surface area contributed by atoms with E-state index in [-0.39, 0.29) is 6.54 Å². The Hall–Kier alpha value is -2.72. The van der Waals surface area contributed by atoms with E-state index in [0.29, 0.717) is 28.0 Å². The zero-order valence-electron chi connectivity index (χ0n) is 17.9. The first-order valence-corrected chi connectivity index (χ1v) is 13.1. The SMILES string of the molecule is CCOc1ccc(NC(=O)CN2C(=O)S/C(=C\c3ccc(Sc4ccc(Cl)cc4)s3)C2=O)cc1. The van der Waals surface area contributed by atoms with Crippen LogP contribution in [-0.4, -0.2) is 35.1 Å². The lowest BCUT2D eigenvalue weighted by atomic mass is 10.3. The Labute approximate surface area is 214 Å². The first kappa shape index (κ1) is 24.4. The fourth-order valence-corrected chi connectivity index (χ4v) is 6.09. The summed E-state index contributed by atoms with van der Waals surface area (Å²) >= 11 is 9.87. The molecular weight excluding hydrogens is 512 g/mol. The Morgan fingerprint density at radius 2 is 1.82 bits per heavy atom. The van der Waals surface area contributed by atoms with E-state index in [2.05, 4.69) is 5.32 Å². The van der Waals surface area contributed by atoms with Crippen LogP contribution in [0.5, 0.6) is 5.75 Å². The topological polar surface area (TPSA) is 75.7 Å². The number of carbonyl (C=O) groups is 3. The molecule has 0 saturated carbocycles. The molecule has 0 atom stereocenters. The molecule has 34 heavy (non-hydrogen) atoms. The summed E-state index contributed by atoms with van der Waals surface area (Å²) in [4.78, 5) is 40.7. The molecule has 3 amide bonds. The normalized spacial score (nSPS) is 14.6. The Morgan fingerprint density at radius 3 is 2.53 bits per heavy atom. The number of carbonyl (C=O) groups excluding carboxylic acids is 3. The Kier molecular flexibility index (Phi) is 7.99. The number of ether oxygens (including phenoxy) is 1. The van der Waals surface area contributed by atoms with Crippen LogP contribution in [0.2, 0.25) is 5.02 Å². The average Bonchev–Trinajstić information content (AvgIpc) is 3.36. The second kappa shape index (κ2) is 11.1.